The molecule has 0 aromatic heterocycles. The van der Waals surface area contributed by atoms with Crippen LogP contribution in [0.2, 0.25) is 0 Å². The second-order valence-electron chi connectivity index (χ2n) is 4.60. The summed E-state index contributed by atoms with van der Waals surface area (Å²) in [6.07, 6.45) is 0. The van der Waals surface area contributed by atoms with E-state index in [0.717, 1.165) is 11.1 Å². The highest BCUT2D eigenvalue weighted by atomic mass is 19.3. The molecule has 1 aromatic carbocycles. The molecule has 0 bridgehead atoms. The minimum Gasteiger partial charge on any atom is -0.490 e. The Morgan fingerprint density at radius 1 is 1.41 bits per heavy atom. The number of aliphatic imine (C=N–C) groups is 1. The molecule has 0 saturated carbocycles. The van der Waals surface area contributed by atoms with Gasteiger partial charge in [-0.1, -0.05) is 18.2 Å². The summed E-state index contributed by atoms with van der Waals surface area (Å²) < 4.78 is 34.3. The van der Waals surface area contributed by atoms with Crippen LogP contribution in [0.1, 0.15) is 19.4 Å². The smallest absolute Gasteiger partial charge is 0.387 e. The third kappa shape index (κ3) is 6.43. The Balaban J connectivity index is 2.77. The Kier molecular flexibility index (Phi) is 7.15. The Labute approximate surface area is 128 Å². The van der Waals surface area contributed by atoms with Gasteiger partial charge in [-0.15, -0.1) is 0 Å². The fraction of sp³-hybridized carbons (Fsp3) is 0.400. The van der Waals surface area contributed by atoms with Gasteiger partial charge in [0, 0.05) is 6.54 Å². The number of nitrogens with two attached hydrogens (primary N) is 1. The Hall–Kier alpha value is -2.31. The number of guanidine groups is 1. The van der Waals surface area contributed by atoms with E-state index in [1.807, 2.05) is 6.92 Å². The van der Waals surface area contributed by atoms with Crippen molar-refractivity contribution in [1.29, 1.82) is 0 Å². The molecule has 0 heterocycles. The van der Waals surface area contributed by atoms with Crippen molar-refractivity contribution in [2.24, 2.45) is 10.7 Å². The first-order valence-electron chi connectivity index (χ1n) is 6.81. The van der Waals surface area contributed by atoms with Crippen molar-refractivity contribution < 1.29 is 18.3 Å². The largest absolute Gasteiger partial charge is 0.490 e. The van der Waals surface area contributed by atoms with Crippen molar-refractivity contribution in [2.45, 2.75) is 27.0 Å². The number of ether oxygens (including phenoxy) is 2. The van der Waals surface area contributed by atoms with Gasteiger partial charge >= 0.3 is 6.61 Å². The molecule has 122 valence electrons. The molecule has 7 heteroatoms. The SMILES string of the molecule is C=C(C)CNC(N)=NCc1ccc(OC(F)F)c(OCC)c1. The van der Waals surface area contributed by atoms with E-state index in [0.29, 0.717) is 19.7 Å². The lowest BCUT2D eigenvalue weighted by atomic mass is 10.2. The summed E-state index contributed by atoms with van der Waals surface area (Å²) in [7, 11) is 0. The van der Waals surface area contributed by atoms with Gasteiger partial charge < -0.3 is 20.5 Å². The molecular formula is C15H21F2N3O2. The predicted molar refractivity (Wildman–Crippen MR) is 82.4 cm³/mol. The maximum absolute atomic E-state index is 12.3. The standard InChI is InChI=1S/C15H21F2N3O2/c1-4-21-13-7-11(5-6-12(13)22-14(16)17)9-20-15(18)19-8-10(2)3/h5-7,14H,2,4,8-9H2,1,3H3,(H3,18,19,20). The topological polar surface area (TPSA) is 68.9 Å². The molecule has 0 aliphatic carbocycles. The molecule has 3 N–H and O–H groups in total. The van der Waals surface area contributed by atoms with Gasteiger partial charge in [0.05, 0.1) is 13.2 Å². The number of alkyl halides is 2. The molecule has 0 aliphatic rings. The average molecular weight is 313 g/mol. The third-order valence-corrected chi connectivity index (χ3v) is 2.53. The van der Waals surface area contributed by atoms with E-state index in [1.54, 1.807) is 19.1 Å². The fourth-order valence-electron chi connectivity index (χ4n) is 1.59. The van der Waals surface area contributed by atoms with Crippen LogP contribution < -0.4 is 20.5 Å². The van der Waals surface area contributed by atoms with Crippen molar-refractivity contribution in [1.82, 2.24) is 5.32 Å². The average Bonchev–Trinajstić information content (AvgIpc) is 2.45. The Morgan fingerprint density at radius 2 is 2.14 bits per heavy atom. The Morgan fingerprint density at radius 3 is 2.73 bits per heavy atom. The predicted octanol–water partition coefficient (Wildman–Crippen LogP) is 2.67. The quantitative estimate of drug-likeness (QED) is 0.440. The minimum atomic E-state index is -2.90. The molecule has 1 rings (SSSR count). The second kappa shape index (κ2) is 8.86. The van der Waals surface area contributed by atoms with Crippen LogP contribution in [-0.2, 0) is 6.54 Å². The number of benzene rings is 1. The van der Waals surface area contributed by atoms with Crippen LogP contribution in [0.25, 0.3) is 0 Å². The van der Waals surface area contributed by atoms with E-state index in [-0.39, 0.29) is 17.5 Å². The summed E-state index contributed by atoms with van der Waals surface area (Å²) in [6, 6.07) is 4.67. The molecule has 0 atom stereocenters. The zero-order valence-electron chi connectivity index (χ0n) is 12.7. The van der Waals surface area contributed by atoms with Crippen LogP contribution in [0.5, 0.6) is 11.5 Å². The maximum Gasteiger partial charge on any atom is 0.387 e. The second-order valence-corrected chi connectivity index (χ2v) is 4.60. The molecular weight excluding hydrogens is 292 g/mol. The Bertz CT molecular complexity index is 534. The van der Waals surface area contributed by atoms with E-state index in [9.17, 15) is 8.78 Å². The summed E-state index contributed by atoms with van der Waals surface area (Å²) >= 11 is 0. The lowest BCUT2D eigenvalue weighted by Gasteiger charge is -2.12. The highest BCUT2D eigenvalue weighted by Crippen LogP contribution is 2.30. The van der Waals surface area contributed by atoms with Crippen LogP contribution in [0.15, 0.2) is 35.3 Å². The molecule has 0 amide bonds. The molecule has 0 unspecified atom stereocenters. The van der Waals surface area contributed by atoms with Crippen molar-refractivity contribution in [3.63, 3.8) is 0 Å². The van der Waals surface area contributed by atoms with Crippen LogP contribution in [0.3, 0.4) is 0 Å². The normalized spacial score (nSPS) is 11.4. The van der Waals surface area contributed by atoms with Crippen LogP contribution in [0, 0.1) is 0 Å². The van der Waals surface area contributed by atoms with Gasteiger partial charge in [0.2, 0.25) is 0 Å². The molecule has 0 spiro atoms. The number of hydrogen-bond donors (Lipinski definition) is 2. The lowest BCUT2D eigenvalue weighted by molar-refractivity contribution is -0.0514. The van der Waals surface area contributed by atoms with Crippen molar-refractivity contribution in [2.75, 3.05) is 13.2 Å². The number of nitrogens with one attached hydrogen (secondary N) is 1. The van der Waals surface area contributed by atoms with Gasteiger partial charge in [-0.2, -0.15) is 8.78 Å². The van der Waals surface area contributed by atoms with Gasteiger partial charge in [0.25, 0.3) is 0 Å². The zero-order valence-corrected chi connectivity index (χ0v) is 12.7. The first-order chi connectivity index (χ1) is 10.4. The monoisotopic (exact) mass is 313 g/mol. The number of hydrogen-bond acceptors (Lipinski definition) is 3. The van der Waals surface area contributed by atoms with E-state index < -0.39 is 6.61 Å². The van der Waals surface area contributed by atoms with Gasteiger partial charge in [-0.05, 0) is 31.5 Å². The summed E-state index contributed by atoms with van der Waals surface area (Å²) in [5, 5.41) is 2.90. The summed E-state index contributed by atoms with van der Waals surface area (Å²) in [6.45, 7) is 5.66. The molecule has 1 aromatic rings. The van der Waals surface area contributed by atoms with Crippen molar-refractivity contribution >= 4 is 5.96 Å². The molecule has 0 fully saturated rings. The number of rotatable bonds is 8. The number of nitrogens with zero attached hydrogens (tertiary/aromatic N) is 1. The first kappa shape index (κ1) is 17.7. The zero-order chi connectivity index (χ0) is 16.5. The summed E-state index contributed by atoms with van der Waals surface area (Å²) in [5.41, 5.74) is 7.41. The van der Waals surface area contributed by atoms with Gasteiger partial charge in [0.1, 0.15) is 0 Å². The fourth-order valence-corrected chi connectivity index (χ4v) is 1.59. The minimum absolute atomic E-state index is 0.00189. The van der Waals surface area contributed by atoms with Gasteiger partial charge in [0.15, 0.2) is 17.5 Å². The van der Waals surface area contributed by atoms with Crippen molar-refractivity contribution in [3.05, 3.63) is 35.9 Å². The maximum atomic E-state index is 12.3. The summed E-state index contributed by atoms with van der Waals surface area (Å²) in [5.74, 6) is 0.538. The number of halogens is 2. The van der Waals surface area contributed by atoms with E-state index in [1.165, 1.54) is 6.07 Å². The molecule has 22 heavy (non-hydrogen) atoms. The molecule has 5 nitrogen and oxygen atoms in total. The van der Waals surface area contributed by atoms with Crippen molar-refractivity contribution in [3.8, 4) is 11.5 Å². The van der Waals surface area contributed by atoms with Crippen LogP contribution in [-0.4, -0.2) is 25.7 Å². The first-order valence-corrected chi connectivity index (χ1v) is 6.81. The highest BCUT2D eigenvalue weighted by molar-refractivity contribution is 5.78. The van der Waals surface area contributed by atoms with Crippen LogP contribution >= 0.6 is 0 Å². The van der Waals surface area contributed by atoms with E-state index in [2.05, 4.69) is 21.6 Å². The molecule has 0 aliphatic heterocycles. The molecule has 0 radical (unpaired) electrons. The van der Waals surface area contributed by atoms with Crippen LogP contribution in [0.4, 0.5) is 8.78 Å². The highest BCUT2D eigenvalue weighted by Gasteiger charge is 2.11. The van der Waals surface area contributed by atoms with E-state index >= 15 is 0 Å². The summed E-state index contributed by atoms with van der Waals surface area (Å²) in [4.78, 5) is 4.16. The molecule has 0 saturated heterocycles. The van der Waals surface area contributed by atoms with E-state index in [4.69, 9.17) is 10.5 Å². The third-order valence-electron chi connectivity index (χ3n) is 2.53. The van der Waals surface area contributed by atoms with Gasteiger partial charge in [-0.3, -0.25) is 0 Å². The lowest BCUT2D eigenvalue weighted by Crippen LogP contribution is -2.32. The van der Waals surface area contributed by atoms with Gasteiger partial charge in [-0.25, -0.2) is 4.99 Å².